The van der Waals surface area contributed by atoms with Crippen molar-refractivity contribution in [2.75, 3.05) is 13.2 Å². The number of fused-ring (bicyclic) bond motifs is 2. The number of nitrogens with zero attached hydrogens (tertiary/aromatic N) is 2. The highest BCUT2D eigenvalue weighted by atomic mass is 35.5. The van der Waals surface area contributed by atoms with E-state index in [1.165, 1.54) is 24.3 Å². The quantitative estimate of drug-likeness (QED) is 0.0943. The van der Waals surface area contributed by atoms with E-state index in [4.69, 9.17) is 46.4 Å². The zero-order chi connectivity index (χ0) is 34.7. The van der Waals surface area contributed by atoms with E-state index < -0.39 is 48.9 Å². The van der Waals surface area contributed by atoms with Crippen LogP contribution in [0.4, 0.5) is 0 Å². The molecule has 2 N–H and O–H groups in total. The average molecular weight is 728 g/mol. The first-order chi connectivity index (χ1) is 22.7. The number of halogens is 4. The van der Waals surface area contributed by atoms with E-state index in [-0.39, 0.29) is 54.2 Å². The lowest BCUT2D eigenvalue weighted by molar-refractivity contribution is 0.0432. The van der Waals surface area contributed by atoms with Crippen molar-refractivity contribution < 1.29 is 29.4 Å². The van der Waals surface area contributed by atoms with Crippen LogP contribution in [-0.2, 0) is 0 Å². The standard InChI is InChI=1S/C36H30Cl4N2O6/c1-13(2)5-15(11-43)41-33(45)17-7-21(37)27-29-23(39)9-19-26-20(36(48)42(35(19)47)16(12-44)6-14(3)4)10-24(40)30(32(26)29)28-22(38)8-18(34(41)46)25(17)31(27)28/h7-10,13-16,43-44H,5-6,11-12H2,1-4H3. The molecule has 12 heteroatoms. The molecule has 0 spiro atoms. The van der Waals surface area contributed by atoms with Gasteiger partial charge < -0.3 is 10.2 Å². The lowest BCUT2D eigenvalue weighted by atomic mass is 9.81. The van der Waals surface area contributed by atoms with Crippen molar-refractivity contribution in [2.45, 2.75) is 52.6 Å². The number of aliphatic hydroxyl groups is 2. The molecule has 5 aromatic rings. The van der Waals surface area contributed by atoms with Gasteiger partial charge in [-0.2, -0.15) is 0 Å². The number of amides is 4. The van der Waals surface area contributed by atoms with Crippen LogP contribution in [0.1, 0.15) is 82.0 Å². The molecule has 2 atom stereocenters. The third kappa shape index (κ3) is 4.50. The van der Waals surface area contributed by atoms with Crippen LogP contribution >= 0.6 is 46.4 Å². The van der Waals surface area contributed by atoms with Crippen LogP contribution in [0, 0.1) is 11.8 Å². The van der Waals surface area contributed by atoms with Gasteiger partial charge in [-0.25, -0.2) is 0 Å². The van der Waals surface area contributed by atoms with Crippen molar-refractivity contribution in [3.8, 4) is 0 Å². The highest BCUT2D eigenvalue weighted by Crippen LogP contribution is 2.54. The second kappa shape index (κ2) is 11.7. The monoisotopic (exact) mass is 726 g/mol. The molecule has 0 aliphatic carbocycles. The lowest BCUT2D eigenvalue weighted by Gasteiger charge is -2.35. The Hall–Kier alpha value is -3.24. The predicted octanol–water partition coefficient (Wildman–Crippen LogP) is 8.36. The molecule has 0 fully saturated rings. The van der Waals surface area contributed by atoms with E-state index in [0.29, 0.717) is 55.9 Å². The summed E-state index contributed by atoms with van der Waals surface area (Å²) in [5.74, 6) is -2.22. The van der Waals surface area contributed by atoms with E-state index in [1.807, 2.05) is 27.7 Å². The summed E-state index contributed by atoms with van der Waals surface area (Å²) in [6.45, 7) is 6.91. The van der Waals surface area contributed by atoms with Gasteiger partial charge in [0.15, 0.2) is 0 Å². The van der Waals surface area contributed by atoms with Gasteiger partial charge in [0, 0.05) is 63.2 Å². The summed E-state index contributed by atoms with van der Waals surface area (Å²) in [7, 11) is 0. The molecule has 4 amide bonds. The van der Waals surface area contributed by atoms with Crippen LogP contribution in [0.5, 0.6) is 0 Å². The molecule has 0 aromatic heterocycles. The fraction of sp³-hybridized carbons (Fsp3) is 0.333. The first-order valence-corrected chi connectivity index (χ1v) is 17.2. The van der Waals surface area contributed by atoms with Gasteiger partial charge in [-0.1, -0.05) is 74.1 Å². The molecule has 0 radical (unpaired) electrons. The van der Waals surface area contributed by atoms with Gasteiger partial charge >= 0.3 is 0 Å². The molecule has 2 aliphatic rings. The Morgan fingerprint density at radius 1 is 0.479 bits per heavy atom. The molecular formula is C36H30Cl4N2O6. The van der Waals surface area contributed by atoms with Crippen LogP contribution in [0.3, 0.4) is 0 Å². The van der Waals surface area contributed by atoms with Gasteiger partial charge in [-0.05, 0) is 48.9 Å². The van der Waals surface area contributed by atoms with Gasteiger partial charge in [-0.15, -0.1) is 0 Å². The number of carbonyl (C=O) groups excluding carboxylic acids is 4. The number of aliphatic hydroxyl groups excluding tert-OH is 2. The number of carbonyl (C=O) groups is 4. The Bertz CT molecular complexity index is 1990. The van der Waals surface area contributed by atoms with E-state index in [0.717, 1.165) is 9.80 Å². The Morgan fingerprint density at radius 3 is 0.938 bits per heavy atom. The minimum absolute atomic E-state index is 0.0881. The van der Waals surface area contributed by atoms with Crippen LogP contribution in [0.15, 0.2) is 24.3 Å². The third-order valence-corrected chi connectivity index (χ3v) is 10.7. The predicted molar refractivity (Wildman–Crippen MR) is 189 cm³/mol. The van der Waals surface area contributed by atoms with Gasteiger partial charge in [0.05, 0.1) is 47.6 Å². The van der Waals surface area contributed by atoms with Crippen molar-refractivity contribution in [1.29, 1.82) is 0 Å². The van der Waals surface area contributed by atoms with Crippen LogP contribution in [0.25, 0.3) is 43.1 Å². The summed E-state index contributed by atoms with van der Waals surface area (Å²) >= 11 is 28.2. The Kier molecular flexibility index (Phi) is 8.10. The second-order valence-electron chi connectivity index (χ2n) is 13.5. The lowest BCUT2D eigenvalue weighted by Crippen LogP contribution is -2.49. The Balaban J connectivity index is 1.60. The van der Waals surface area contributed by atoms with Crippen LogP contribution < -0.4 is 0 Å². The molecule has 2 heterocycles. The Labute approximate surface area is 295 Å². The SMILES string of the molecule is CC(C)CC(CO)N1C(=O)c2cc(Cl)c3c4c(Cl)cc5c6c(cc(Cl)c(c7c(Cl)cc(c2c37)C1=O)c64)C(=O)N(C(CO)CC(C)C)C5=O. The molecule has 248 valence electrons. The minimum atomic E-state index is -0.764. The summed E-state index contributed by atoms with van der Waals surface area (Å²) < 4.78 is 0. The zero-order valence-electron chi connectivity index (χ0n) is 26.4. The molecule has 0 saturated heterocycles. The molecule has 5 aromatic carbocycles. The smallest absolute Gasteiger partial charge is 0.261 e. The highest BCUT2D eigenvalue weighted by molar-refractivity contribution is 6.56. The fourth-order valence-electron chi connectivity index (χ4n) is 7.77. The van der Waals surface area contributed by atoms with E-state index in [9.17, 15) is 29.4 Å². The number of imide groups is 2. The van der Waals surface area contributed by atoms with E-state index in [2.05, 4.69) is 0 Å². The van der Waals surface area contributed by atoms with Gasteiger partial charge in [0.1, 0.15) is 0 Å². The molecule has 7 rings (SSSR count). The summed E-state index contributed by atoms with van der Waals surface area (Å²) in [6, 6.07) is 4.42. The summed E-state index contributed by atoms with van der Waals surface area (Å²) in [5.41, 5.74) is 0.652. The van der Waals surface area contributed by atoms with Crippen molar-refractivity contribution in [2.24, 2.45) is 11.8 Å². The topological polar surface area (TPSA) is 115 Å². The zero-order valence-corrected chi connectivity index (χ0v) is 29.4. The molecule has 0 bridgehead atoms. The largest absolute Gasteiger partial charge is 0.394 e. The van der Waals surface area contributed by atoms with Crippen molar-refractivity contribution >= 4 is 113 Å². The normalized spacial score (nSPS) is 16.3. The van der Waals surface area contributed by atoms with Gasteiger partial charge in [0.25, 0.3) is 23.6 Å². The maximum atomic E-state index is 14.1. The number of rotatable bonds is 8. The van der Waals surface area contributed by atoms with E-state index in [1.54, 1.807) is 0 Å². The van der Waals surface area contributed by atoms with Gasteiger partial charge in [-0.3, -0.25) is 29.0 Å². The molecule has 8 nitrogen and oxygen atoms in total. The van der Waals surface area contributed by atoms with E-state index >= 15 is 0 Å². The van der Waals surface area contributed by atoms with Gasteiger partial charge in [0.2, 0.25) is 0 Å². The number of benzene rings is 5. The first-order valence-electron chi connectivity index (χ1n) is 15.7. The molecular weight excluding hydrogens is 698 g/mol. The van der Waals surface area contributed by atoms with Crippen LogP contribution in [0.2, 0.25) is 20.1 Å². The van der Waals surface area contributed by atoms with Crippen molar-refractivity contribution in [3.05, 3.63) is 66.6 Å². The maximum Gasteiger partial charge on any atom is 0.261 e. The summed E-state index contributed by atoms with van der Waals surface area (Å²) in [5, 5.41) is 24.0. The first kappa shape index (κ1) is 33.3. The maximum absolute atomic E-state index is 14.1. The molecule has 2 aliphatic heterocycles. The minimum Gasteiger partial charge on any atom is -0.394 e. The van der Waals surface area contributed by atoms with Crippen LogP contribution in [-0.4, -0.2) is 68.9 Å². The summed E-state index contributed by atoms with van der Waals surface area (Å²) in [6.07, 6.45) is 0.779. The second-order valence-corrected chi connectivity index (χ2v) is 15.1. The molecule has 48 heavy (non-hydrogen) atoms. The molecule has 0 saturated carbocycles. The number of hydrogen-bond acceptors (Lipinski definition) is 6. The number of hydrogen-bond donors (Lipinski definition) is 2. The average Bonchev–Trinajstić information content (AvgIpc) is 3.02. The fourth-order valence-corrected chi connectivity index (χ4v) is 8.96. The Morgan fingerprint density at radius 2 is 0.729 bits per heavy atom. The van der Waals surface area contributed by atoms with Crippen molar-refractivity contribution in [1.82, 2.24) is 9.80 Å². The third-order valence-electron chi connectivity index (χ3n) is 9.55. The van der Waals surface area contributed by atoms with Crippen molar-refractivity contribution in [3.63, 3.8) is 0 Å². The molecule has 2 unspecified atom stereocenters. The highest BCUT2D eigenvalue weighted by Gasteiger charge is 2.42. The summed E-state index contributed by atoms with van der Waals surface area (Å²) in [4.78, 5) is 58.4.